The fourth-order valence-corrected chi connectivity index (χ4v) is 5.89. The highest BCUT2D eigenvalue weighted by molar-refractivity contribution is 6.30. The molecule has 2 unspecified atom stereocenters. The van der Waals surface area contributed by atoms with Crippen molar-refractivity contribution in [1.29, 1.82) is 0 Å². The number of halogens is 2. The van der Waals surface area contributed by atoms with E-state index in [1.807, 2.05) is 0 Å². The molecule has 2 saturated heterocycles. The van der Waals surface area contributed by atoms with Crippen LogP contribution in [0.4, 0.5) is 4.39 Å². The molecule has 3 N–H and O–H groups in total. The van der Waals surface area contributed by atoms with Crippen LogP contribution in [0.2, 0.25) is 5.02 Å². The van der Waals surface area contributed by atoms with Crippen molar-refractivity contribution < 1.29 is 18.7 Å². The molecule has 1 amide bonds. The minimum Gasteiger partial charge on any atom is -0.484 e. The molecule has 0 aromatic heterocycles. The zero-order valence-electron chi connectivity index (χ0n) is 17.6. The fraction of sp³-hybridized carbons (Fsp3) is 0.682. The lowest BCUT2D eigenvalue weighted by atomic mass is 9.44. The third kappa shape index (κ3) is 4.54. The molecule has 5 aliphatic rings. The number of benzene rings is 1. The summed E-state index contributed by atoms with van der Waals surface area (Å²) in [6, 6.07) is 4.78. The van der Waals surface area contributed by atoms with E-state index in [2.05, 4.69) is 20.9 Å². The summed E-state index contributed by atoms with van der Waals surface area (Å²) in [7, 11) is 0. The molecule has 3 saturated carbocycles. The Morgan fingerprint density at radius 3 is 2.81 bits per heavy atom. The summed E-state index contributed by atoms with van der Waals surface area (Å²) in [5.74, 6) is -0.433. The first-order valence-electron chi connectivity index (χ1n) is 11.2. The van der Waals surface area contributed by atoms with Crippen molar-refractivity contribution in [3.05, 3.63) is 29.0 Å². The number of nitrogens with zero attached hydrogens (tertiary/aromatic N) is 1. The van der Waals surface area contributed by atoms with Gasteiger partial charge in [-0.25, -0.2) is 4.39 Å². The minimum atomic E-state index is -0.556. The Hall–Kier alpha value is -1.45. The van der Waals surface area contributed by atoms with Gasteiger partial charge in [0.1, 0.15) is 11.6 Å². The van der Waals surface area contributed by atoms with Gasteiger partial charge >= 0.3 is 0 Å². The summed E-state index contributed by atoms with van der Waals surface area (Å²) in [6.07, 6.45) is 5.44. The zero-order valence-corrected chi connectivity index (χ0v) is 18.3. The van der Waals surface area contributed by atoms with E-state index >= 15 is 0 Å². The lowest BCUT2D eigenvalue weighted by molar-refractivity contribution is -0.146. The van der Waals surface area contributed by atoms with E-state index in [1.165, 1.54) is 18.6 Å². The Kier molecular flexibility index (Phi) is 5.85. The van der Waals surface area contributed by atoms with Crippen LogP contribution in [0, 0.1) is 5.82 Å². The molecule has 1 aromatic carbocycles. The van der Waals surface area contributed by atoms with Crippen molar-refractivity contribution in [1.82, 2.24) is 20.9 Å². The van der Waals surface area contributed by atoms with Gasteiger partial charge in [0.25, 0.3) is 5.91 Å². The minimum absolute atomic E-state index is 0.0344. The van der Waals surface area contributed by atoms with Crippen molar-refractivity contribution in [2.75, 3.05) is 39.5 Å². The molecule has 2 heterocycles. The van der Waals surface area contributed by atoms with Crippen molar-refractivity contribution in [2.45, 2.75) is 55.4 Å². The monoisotopic (exact) mass is 452 g/mol. The van der Waals surface area contributed by atoms with E-state index in [1.54, 1.807) is 6.07 Å². The van der Waals surface area contributed by atoms with Gasteiger partial charge < -0.3 is 20.1 Å². The van der Waals surface area contributed by atoms with Gasteiger partial charge in [-0.05, 0) is 50.8 Å². The number of amides is 1. The van der Waals surface area contributed by atoms with Gasteiger partial charge in [-0.15, -0.1) is 0 Å². The molecule has 170 valence electrons. The summed E-state index contributed by atoms with van der Waals surface area (Å²) in [4.78, 5) is 14.9. The Bertz CT molecular complexity index is 815. The first-order chi connectivity index (χ1) is 14.9. The van der Waals surface area contributed by atoms with E-state index in [9.17, 15) is 9.18 Å². The second kappa shape index (κ2) is 8.48. The Morgan fingerprint density at radius 2 is 2.06 bits per heavy atom. The van der Waals surface area contributed by atoms with Gasteiger partial charge in [0.05, 0.1) is 24.4 Å². The first-order valence-corrected chi connectivity index (χ1v) is 11.5. The molecule has 2 bridgehead atoms. The average Bonchev–Trinajstić information content (AvgIpc) is 2.73. The Labute approximate surface area is 187 Å². The van der Waals surface area contributed by atoms with Gasteiger partial charge in [-0.1, -0.05) is 11.6 Å². The Balaban J connectivity index is 1.05. The van der Waals surface area contributed by atoms with Gasteiger partial charge in [-0.3, -0.25) is 15.0 Å². The maximum Gasteiger partial charge on any atom is 0.258 e. The van der Waals surface area contributed by atoms with Gasteiger partial charge in [-0.2, -0.15) is 0 Å². The lowest BCUT2D eigenvalue weighted by Gasteiger charge is -2.71. The molecule has 3 aliphatic carbocycles. The standard InChI is InChI=1S/C22H30ClFN4O3/c23-17-2-1-16(10-18(17)24)31-11-20(29)27-22-12-21(13-22,14-22)26-19-9-15(3-4-25-19)28-5-7-30-8-6-28/h1-2,10,15,19,25-26H,3-9,11-14H2,(H,27,29). The van der Waals surface area contributed by atoms with Crippen LogP contribution in [0.15, 0.2) is 18.2 Å². The summed E-state index contributed by atoms with van der Waals surface area (Å²) < 4.78 is 24.4. The molecule has 31 heavy (non-hydrogen) atoms. The predicted octanol–water partition coefficient (Wildman–Crippen LogP) is 1.65. The number of hydrogen-bond donors (Lipinski definition) is 3. The summed E-state index contributed by atoms with van der Waals surface area (Å²) in [5, 5.41) is 10.6. The van der Waals surface area contributed by atoms with E-state index < -0.39 is 5.82 Å². The second-order valence-electron chi connectivity index (χ2n) is 9.48. The van der Waals surface area contributed by atoms with E-state index in [0.717, 1.165) is 58.5 Å². The van der Waals surface area contributed by atoms with Crippen LogP contribution in [-0.2, 0) is 9.53 Å². The van der Waals surface area contributed by atoms with Crippen LogP contribution < -0.4 is 20.7 Å². The molecule has 1 aromatic rings. The molecule has 9 heteroatoms. The molecule has 0 spiro atoms. The van der Waals surface area contributed by atoms with E-state index in [0.29, 0.717) is 18.0 Å². The molecular weight excluding hydrogens is 423 g/mol. The summed E-state index contributed by atoms with van der Waals surface area (Å²) in [6.45, 7) is 4.63. The molecule has 0 radical (unpaired) electrons. The first kappa shape index (κ1) is 21.4. The third-order valence-electron chi connectivity index (χ3n) is 7.11. The lowest BCUT2D eigenvalue weighted by Crippen LogP contribution is -2.85. The molecule has 2 aliphatic heterocycles. The second-order valence-corrected chi connectivity index (χ2v) is 9.89. The Morgan fingerprint density at radius 1 is 1.29 bits per heavy atom. The fourth-order valence-electron chi connectivity index (χ4n) is 5.77. The largest absolute Gasteiger partial charge is 0.484 e. The van der Waals surface area contributed by atoms with Crippen LogP contribution in [-0.4, -0.2) is 73.5 Å². The van der Waals surface area contributed by atoms with Crippen LogP contribution in [0.25, 0.3) is 0 Å². The van der Waals surface area contributed by atoms with Crippen LogP contribution >= 0.6 is 11.6 Å². The quantitative estimate of drug-likeness (QED) is 0.584. The van der Waals surface area contributed by atoms with Crippen molar-refractivity contribution in [3.63, 3.8) is 0 Å². The predicted molar refractivity (Wildman–Crippen MR) is 115 cm³/mol. The van der Waals surface area contributed by atoms with E-state index in [4.69, 9.17) is 21.1 Å². The summed E-state index contributed by atoms with van der Waals surface area (Å²) >= 11 is 5.66. The number of morpholine rings is 1. The number of nitrogens with one attached hydrogen (secondary N) is 3. The summed E-state index contributed by atoms with van der Waals surface area (Å²) in [5.41, 5.74) is 0.0228. The number of piperidine rings is 1. The van der Waals surface area contributed by atoms with Crippen molar-refractivity contribution in [3.8, 4) is 5.75 Å². The molecular formula is C22H30ClFN4O3. The molecule has 6 rings (SSSR count). The normalized spacial score (nSPS) is 35.0. The maximum atomic E-state index is 13.5. The average molecular weight is 453 g/mol. The smallest absolute Gasteiger partial charge is 0.258 e. The highest BCUT2D eigenvalue weighted by Crippen LogP contribution is 2.60. The number of rotatable bonds is 7. The zero-order chi connectivity index (χ0) is 21.5. The van der Waals surface area contributed by atoms with Gasteiger partial charge in [0.2, 0.25) is 0 Å². The van der Waals surface area contributed by atoms with E-state index in [-0.39, 0.29) is 28.6 Å². The molecule has 5 fully saturated rings. The van der Waals surface area contributed by atoms with Crippen molar-refractivity contribution >= 4 is 17.5 Å². The maximum absolute atomic E-state index is 13.5. The number of carbonyl (C=O) groups excluding carboxylic acids is 1. The molecule has 2 atom stereocenters. The van der Waals surface area contributed by atoms with Gasteiger partial charge in [0.15, 0.2) is 6.61 Å². The number of carbonyl (C=O) groups is 1. The van der Waals surface area contributed by atoms with Gasteiger partial charge in [0, 0.05) is 36.3 Å². The highest BCUT2D eigenvalue weighted by atomic mass is 35.5. The van der Waals surface area contributed by atoms with Crippen LogP contribution in [0.3, 0.4) is 0 Å². The molecule has 7 nitrogen and oxygen atoms in total. The number of hydrogen-bond acceptors (Lipinski definition) is 6. The SMILES string of the molecule is O=C(COc1ccc(Cl)c(F)c1)NC12CC(NC3CC(N4CCOCC4)CCN3)(C1)C2. The topological polar surface area (TPSA) is 74.9 Å². The number of ether oxygens (including phenoxy) is 2. The van der Waals surface area contributed by atoms with Crippen LogP contribution in [0.1, 0.15) is 32.1 Å². The third-order valence-corrected chi connectivity index (χ3v) is 7.42. The van der Waals surface area contributed by atoms with Crippen LogP contribution in [0.5, 0.6) is 5.75 Å². The van der Waals surface area contributed by atoms with Crippen molar-refractivity contribution in [2.24, 2.45) is 0 Å². The highest BCUT2D eigenvalue weighted by Gasteiger charge is 2.68.